The van der Waals surface area contributed by atoms with Crippen molar-refractivity contribution in [2.45, 2.75) is 0 Å². The van der Waals surface area contributed by atoms with Crippen molar-refractivity contribution in [3.63, 3.8) is 0 Å². The van der Waals surface area contributed by atoms with Gasteiger partial charge in [0.1, 0.15) is 0 Å². The summed E-state index contributed by atoms with van der Waals surface area (Å²) in [5, 5.41) is 18.3. The van der Waals surface area contributed by atoms with Crippen LogP contribution >= 0.6 is 0 Å². The van der Waals surface area contributed by atoms with Crippen LogP contribution in [0.15, 0.2) is 60.1 Å². The van der Waals surface area contributed by atoms with Gasteiger partial charge in [0.05, 0.1) is 5.95 Å². The van der Waals surface area contributed by atoms with E-state index in [9.17, 15) is 5.11 Å². The molecule has 0 saturated carbocycles. The summed E-state index contributed by atoms with van der Waals surface area (Å²) in [7, 11) is 0. The largest absolute Gasteiger partial charge is 2.00 e. The first-order valence-corrected chi connectivity index (χ1v) is 4.37. The molecule has 2 rings (SSSR count). The van der Waals surface area contributed by atoms with Crippen LogP contribution in [0.25, 0.3) is 0 Å². The number of terminal acetylenes is 1. The van der Waals surface area contributed by atoms with E-state index in [2.05, 4.69) is 5.92 Å². The fourth-order valence-electron chi connectivity index (χ4n) is 0.987. The Bertz CT molecular complexity index is 413. The van der Waals surface area contributed by atoms with Crippen LogP contribution in [0.4, 0.5) is 0 Å². The van der Waals surface area contributed by atoms with E-state index in [4.69, 9.17) is 11.5 Å². The van der Waals surface area contributed by atoms with Gasteiger partial charge in [0.25, 0.3) is 0 Å². The molecule has 1 aromatic carbocycles. The molecule has 1 aromatic rings. The van der Waals surface area contributed by atoms with Crippen molar-refractivity contribution in [2.75, 3.05) is 0 Å². The van der Waals surface area contributed by atoms with Crippen LogP contribution in [0, 0.1) is 12.3 Å². The molecule has 0 spiro atoms. The van der Waals surface area contributed by atoms with Crippen LogP contribution in [-0.4, -0.2) is 5.11 Å². The zero-order valence-electron chi connectivity index (χ0n) is 8.41. The molecule has 0 atom stereocenters. The van der Waals surface area contributed by atoms with Crippen LogP contribution in [0.3, 0.4) is 0 Å². The Morgan fingerprint density at radius 1 is 1.38 bits per heavy atom. The number of allylic oxidation sites excluding steroid dienone is 5. The second-order valence-electron chi connectivity index (χ2n) is 2.80. The van der Waals surface area contributed by atoms with Crippen molar-refractivity contribution in [2.24, 2.45) is 0 Å². The van der Waals surface area contributed by atoms with Crippen molar-refractivity contribution in [1.29, 1.82) is 0 Å². The second kappa shape index (κ2) is 7.53. The van der Waals surface area contributed by atoms with Gasteiger partial charge in [-0.3, -0.25) is 0 Å². The predicted octanol–water partition coefficient (Wildman–Crippen LogP) is 1.63. The Morgan fingerprint density at radius 2 is 2.00 bits per heavy atom. The van der Waals surface area contributed by atoms with E-state index in [1.54, 1.807) is 24.3 Å². The number of aliphatic hydroxyl groups excluding tert-OH is 1. The number of rotatable bonds is 0. The van der Waals surface area contributed by atoms with Crippen molar-refractivity contribution in [3.05, 3.63) is 65.7 Å². The van der Waals surface area contributed by atoms with Crippen molar-refractivity contribution < 1.29 is 27.3 Å². The molecule has 0 amide bonds. The molecule has 1 N–H and O–H groups in total. The number of hydrogen-bond acceptors (Lipinski definition) is 2. The first kappa shape index (κ1) is 14.2. The Kier molecular flexibility index (Phi) is 6.71. The summed E-state index contributed by atoms with van der Waals surface area (Å²) in [6.45, 7) is 0. The molecule has 0 aromatic heterocycles. The van der Waals surface area contributed by atoms with Crippen molar-refractivity contribution in [1.82, 2.24) is 0 Å². The Hall–Kier alpha value is -1.75. The molecule has 2 nitrogen and oxygen atoms in total. The van der Waals surface area contributed by atoms with Crippen molar-refractivity contribution in [3.8, 4) is 12.3 Å². The molecule has 16 heavy (non-hydrogen) atoms. The van der Waals surface area contributed by atoms with Gasteiger partial charge in [-0.25, -0.2) is 0 Å². The molecule has 3 heteroatoms. The van der Waals surface area contributed by atoms with E-state index in [1.807, 2.05) is 24.3 Å². The van der Waals surface area contributed by atoms with Crippen LogP contribution in [0.5, 0.6) is 0 Å². The number of hydrogen-bond donors (Lipinski definition) is 1. The fraction of sp³-hybridized carbons (Fsp3) is 0. The third-order valence-electron chi connectivity index (χ3n) is 1.74. The summed E-state index contributed by atoms with van der Waals surface area (Å²) in [6.07, 6.45) is 11.6. The van der Waals surface area contributed by atoms with E-state index < -0.39 is 5.95 Å². The molecule has 0 radical (unpaired) electrons. The molecule has 0 bridgehead atoms. The molecule has 82 valence electrons. The summed E-state index contributed by atoms with van der Waals surface area (Å²) in [5.41, 5.74) is 1.31. The van der Waals surface area contributed by atoms with E-state index in [1.165, 1.54) is 0 Å². The molecule has 0 heterocycles. The van der Waals surface area contributed by atoms with Crippen molar-refractivity contribution >= 4 is 0 Å². The first-order valence-electron chi connectivity index (χ1n) is 4.37. The van der Waals surface area contributed by atoms with Crippen LogP contribution in [-0.2, 0) is 17.1 Å². The van der Waals surface area contributed by atoms with Gasteiger partial charge in [0.15, 0.2) is 0 Å². The molecule has 0 unspecified atom stereocenters. The minimum atomic E-state index is -0.866. The molecule has 0 aliphatic heterocycles. The number of aliphatic hydroxyl groups is 1. The third-order valence-corrected chi connectivity index (χ3v) is 1.74. The first-order chi connectivity index (χ1) is 7.24. The van der Waals surface area contributed by atoms with E-state index in [0.29, 0.717) is 5.57 Å². The monoisotopic (exact) mass is 254 g/mol. The van der Waals surface area contributed by atoms with Crippen LogP contribution < -0.4 is 5.11 Å². The van der Waals surface area contributed by atoms with Gasteiger partial charge < -0.3 is 10.2 Å². The van der Waals surface area contributed by atoms with E-state index in [0.717, 1.165) is 5.56 Å². The van der Waals surface area contributed by atoms with E-state index >= 15 is 0 Å². The molecule has 1 aliphatic carbocycles. The molecular formula is C13H10FeO2. The zero-order chi connectivity index (χ0) is 11.1. The molecule has 1 aliphatic rings. The van der Waals surface area contributed by atoms with Gasteiger partial charge in [0, 0.05) is 0 Å². The Labute approximate surface area is 105 Å². The van der Waals surface area contributed by atoms with E-state index in [-0.39, 0.29) is 17.1 Å². The Morgan fingerprint density at radius 3 is 2.25 bits per heavy atom. The minimum absolute atomic E-state index is 0. The van der Waals surface area contributed by atoms with Gasteiger partial charge in [-0.2, -0.15) is 30.5 Å². The van der Waals surface area contributed by atoms with Crippen LogP contribution in [0.1, 0.15) is 5.56 Å². The zero-order valence-corrected chi connectivity index (χ0v) is 9.51. The maximum Gasteiger partial charge on any atom is 2.00 e. The molecule has 0 fully saturated rings. The Balaban J connectivity index is 0.000000267. The predicted molar refractivity (Wildman–Crippen MR) is 57.9 cm³/mol. The summed E-state index contributed by atoms with van der Waals surface area (Å²) < 4.78 is 0. The second-order valence-corrected chi connectivity index (χ2v) is 2.80. The minimum Gasteiger partial charge on any atom is -0.629 e. The summed E-state index contributed by atoms with van der Waals surface area (Å²) in [5.74, 6) is 1.64. The maximum absolute atomic E-state index is 10.1. The quantitative estimate of drug-likeness (QED) is 0.331. The average Bonchev–Trinajstić information content (AvgIpc) is 2.92. The van der Waals surface area contributed by atoms with Gasteiger partial charge >= 0.3 is 17.1 Å². The fourth-order valence-corrected chi connectivity index (χ4v) is 0.987. The summed E-state index contributed by atoms with van der Waals surface area (Å²) >= 11 is 0. The van der Waals surface area contributed by atoms with Gasteiger partial charge in [-0.15, -0.1) is 11.6 Å². The van der Waals surface area contributed by atoms with Gasteiger partial charge in [-0.1, -0.05) is 24.3 Å². The third kappa shape index (κ3) is 4.65. The normalized spacial score (nSPS) is 11.1. The standard InChI is InChI=1S/C7H5.C6H6O2.Fe/c1-2-7-5-3-4-6-7;7-6(8)5-3-1-2-4-5;/h1,3-6H;1-4,7-8H;/q-1;;+2/p-1. The SMILES string of the molecule is C#Cc1ccc[cH-]1.[Fe+2].[O-]C(O)=C1C=CC=C1. The van der Waals surface area contributed by atoms with Crippen LogP contribution in [0.2, 0.25) is 0 Å². The molecule has 0 saturated heterocycles. The summed E-state index contributed by atoms with van der Waals surface area (Å²) in [4.78, 5) is 0. The topological polar surface area (TPSA) is 43.3 Å². The summed E-state index contributed by atoms with van der Waals surface area (Å²) in [6, 6.07) is 7.66. The maximum atomic E-state index is 10.1. The van der Waals surface area contributed by atoms with Gasteiger partial charge in [-0.05, 0) is 5.57 Å². The average molecular weight is 254 g/mol. The van der Waals surface area contributed by atoms with Gasteiger partial charge in [0.2, 0.25) is 0 Å². The smallest absolute Gasteiger partial charge is 0.629 e. The molecular weight excluding hydrogens is 244 g/mol.